The van der Waals surface area contributed by atoms with Gasteiger partial charge in [0.05, 0.1) is 11.0 Å². The second-order valence-corrected chi connectivity index (χ2v) is 7.13. The fraction of sp³-hybridized carbons (Fsp3) is 0.476. The SMILES string of the molecule is CC(C)=CCC/C(C)=C/COC(=O)c1ccc(C2(C(F)(F)F)CC2)cc1. The van der Waals surface area contributed by atoms with Gasteiger partial charge in [0.15, 0.2) is 0 Å². The molecule has 2 rings (SSSR count). The minimum Gasteiger partial charge on any atom is -0.458 e. The fourth-order valence-electron chi connectivity index (χ4n) is 2.82. The number of hydrogen-bond acceptors (Lipinski definition) is 2. The molecule has 0 spiro atoms. The van der Waals surface area contributed by atoms with Crippen LogP contribution in [0, 0.1) is 0 Å². The molecule has 1 saturated carbocycles. The van der Waals surface area contributed by atoms with E-state index in [1.165, 1.54) is 29.8 Å². The summed E-state index contributed by atoms with van der Waals surface area (Å²) in [6, 6.07) is 5.60. The summed E-state index contributed by atoms with van der Waals surface area (Å²) in [6.07, 6.45) is 1.82. The summed E-state index contributed by atoms with van der Waals surface area (Å²) in [5, 5.41) is 0. The van der Waals surface area contributed by atoms with Gasteiger partial charge in [0.25, 0.3) is 0 Å². The van der Waals surface area contributed by atoms with E-state index < -0.39 is 17.6 Å². The number of benzene rings is 1. The molecule has 26 heavy (non-hydrogen) atoms. The Morgan fingerprint density at radius 1 is 1.12 bits per heavy atom. The van der Waals surface area contributed by atoms with E-state index in [1.54, 1.807) is 0 Å². The Bertz CT molecular complexity index is 689. The van der Waals surface area contributed by atoms with Crippen LogP contribution >= 0.6 is 0 Å². The zero-order valence-electron chi connectivity index (χ0n) is 15.5. The minimum atomic E-state index is -4.25. The van der Waals surface area contributed by atoms with Crippen LogP contribution in [0.5, 0.6) is 0 Å². The summed E-state index contributed by atoms with van der Waals surface area (Å²) in [7, 11) is 0. The number of alkyl halides is 3. The molecule has 0 heterocycles. The van der Waals surface area contributed by atoms with Crippen LogP contribution < -0.4 is 0 Å². The van der Waals surface area contributed by atoms with Gasteiger partial charge in [0, 0.05) is 0 Å². The first-order valence-corrected chi connectivity index (χ1v) is 8.79. The largest absolute Gasteiger partial charge is 0.458 e. The first kappa shape index (κ1) is 20.3. The molecule has 0 atom stereocenters. The molecule has 0 aliphatic heterocycles. The number of hydrogen-bond donors (Lipinski definition) is 0. The summed E-state index contributed by atoms with van der Waals surface area (Å²) >= 11 is 0. The van der Waals surface area contributed by atoms with Crippen LogP contribution in [0.4, 0.5) is 13.2 Å². The molecule has 0 unspecified atom stereocenters. The molecule has 1 aliphatic carbocycles. The average Bonchev–Trinajstić information content (AvgIpc) is 3.36. The summed E-state index contributed by atoms with van der Waals surface area (Å²) in [6.45, 7) is 6.24. The lowest BCUT2D eigenvalue weighted by Gasteiger charge is -2.19. The molecule has 0 saturated heterocycles. The second-order valence-electron chi connectivity index (χ2n) is 7.13. The highest BCUT2D eigenvalue weighted by molar-refractivity contribution is 5.89. The maximum absolute atomic E-state index is 13.1. The maximum Gasteiger partial charge on any atom is 0.398 e. The van der Waals surface area contributed by atoms with E-state index in [-0.39, 0.29) is 30.6 Å². The predicted molar refractivity (Wildman–Crippen MR) is 96.1 cm³/mol. The topological polar surface area (TPSA) is 26.3 Å². The quantitative estimate of drug-likeness (QED) is 0.429. The number of ether oxygens (including phenoxy) is 1. The molecule has 1 aliphatic rings. The van der Waals surface area contributed by atoms with Crippen LogP contribution in [0.15, 0.2) is 47.6 Å². The lowest BCUT2D eigenvalue weighted by molar-refractivity contribution is -0.160. The third-order valence-corrected chi connectivity index (χ3v) is 4.70. The summed E-state index contributed by atoms with van der Waals surface area (Å²) in [4.78, 5) is 12.0. The van der Waals surface area contributed by atoms with Gasteiger partial charge in [-0.2, -0.15) is 13.2 Å². The molecule has 1 aromatic rings. The Balaban J connectivity index is 1.88. The van der Waals surface area contributed by atoms with Crippen molar-refractivity contribution in [2.75, 3.05) is 6.61 Å². The standard InChI is InChI=1S/C21H25F3O2/c1-15(2)5-4-6-16(3)11-14-26-19(25)17-7-9-18(10-8-17)20(12-13-20)21(22,23)24/h5,7-11H,4,6,12-14H2,1-3H3/b16-11+. The molecular formula is C21H25F3O2. The van der Waals surface area contributed by atoms with E-state index in [2.05, 4.69) is 6.08 Å². The van der Waals surface area contributed by atoms with E-state index >= 15 is 0 Å². The monoisotopic (exact) mass is 366 g/mol. The normalized spacial score (nSPS) is 16.2. The minimum absolute atomic E-state index is 0.108. The van der Waals surface area contributed by atoms with Gasteiger partial charge in [-0.3, -0.25) is 0 Å². The molecule has 1 aromatic carbocycles. The van der Waals surface area contributed by atoms with E-state index in [4.69, 9.17) is 4.74 Å². The molecule has 5 heteroatoms. The summed E-state index contributed by atoms with van der Waals surface area (Å²) in [5.41, 5.74) is 1.16. The van der Waals surface area contributed by atoms with Crippen molar-refractivity contribution in [1.29, 1.82) is 0 Å². The summed E-state index contributed by atoms with van der Waals surface area (Å²) < 4.78 is 44.5. The molecule has 1 fully saturated rings. The van der Waals surface area contributed by atoms with Crippen LogP contribution in [0.25, 0.3) is 0 Å². The fourth-order valence-corrected chi connectivity index (χ4v) is 2.82. The van der Waals surface area contributed by atoms with Crippen molar-refractivity contribution in [2.24, 2.45) is 0 Å². The Hall–Kier alpha value is -2.04. The Kier molecular flexibility index (Phi) is 6.32. The molecule has 0 amide bonds. The van der Waals surface area contributed by atoms with Gasteiger partial charge in [0.2, 0.25) is 0 Å². The van der Waals surface area contributed by atoms with Crippen molar-refractivity contribution in [3.05, 3.63) is 58.7 Å². The van der Waals surface area contributed by atoms with Gasteiger partial charge in [-0.1, -0.05) is 29.4 Å². The van der Waals surface area contributed by atoms with Gasteiger partial charge in [0.1, 0.15) is 6.61 Å². The van der Waals surface area contributed by atoms with Crippen LogP contribution in [-0.4, -0.2) is 18.8 Å². The number of esters is 1. The number of halogens is 3. The molecule has 2 nitrogen and oxygen atoms in total. The van der Waals surface area contributed by atoms with E-state index in [1.807, 2.05) is 26.8 Å². The third kappa shape index (κ3) is 4.99. The zero-order chi connectivity index (χ0) is 19.4. The first-order valence-electron chi connectivity index (χ1n) is 8.79. The van der Waals surface area contributed by atoms with Crippen LogP contribution in [0.3, 0.4) is 0 Å². The van der Waals surface area contributed by atoms with Gasteiger partial charge in [-0.25, -0.2) is 4.79 Å². The number of carbonyl (C=O) groups is 1. The second kappa shape index (κ2) is 8.11. The first-order chi connectivity index (χ1) is 12.2. The molecule has 0 bridgehead atoms. The van der Waals surface area contributed by atoms with Crippen molar-refractivity contribution in [3.63, 3.8) is 0 Å². The lowest BCUT2D eigenvalue weighted by atomic mass is 9.94. The summed E-state index contributed by atoms with van der Waals surface area (Å²) in [5.74, 6) is -0.526. The number of rotatable bonds is 7. The average molecular weight is 366 g/mol. The van der Waals surface area contributed by atoms with Crippen LogP contribution in [0.2, 0.25) is 0 Å². The molecule has 142 valence electrons. The van der Waals surface area contributed by atoms with Gasteiger partial charge in [-0.15, -0.1) is 0 Å². The lowest BCUT2D eigenvalue weighted by Crippen LogP contribution is -2.28. The Labute approximate surface area is 152 Å². The van der Waals surface area contributed by atoms with E-state index in [9.17, 15) is 18.0 Å². The van der Waals surface area contributed by atoms with Crippen molar-refractivity contribution in [2.45, 2.75) is 58.0 Å². The van der Waals surface area contributed by atoms with E-state index in [0.29, 0.717) is 0 Å². The highest BCUT2D eigenvalue weighted by Crippen LogP contribution is 2.58. The molecule has 0 radical (unpaired) electrons. The number of allylic oxidation sites excluding steroid dienone is 3. The third-order valence-electron chi connectivity index (χ3n) is 4.70. The van der Waals surface area contributed by atoms with Gasteiger partial charge >= 0.3 is 12.1 Å². The van der Waals surface area contributed by atoms with Crippen molar-refractivity contribution in [3.8, 4) is 0 Å². The molecule has 0 N–H and O–H groups in total. The van der Waals surface area contributed by atoms with Gasteiger partial charge < -0.3 is 4.74 Å². The van der Waals surface area contributed by atoms with Crippen molar-refractivity contribution < 1.29 is 22.7 Å². The number of carbonyl (C=O) groups excluding carboxylic acids is 1. The molecule has 0 aromatic heterocycles. The highest BCUT2D eigenvalue weighted by Gasteiger charge is 2.64. The maximum atomic E-state index is 13.1. The smallest absolute Gasteiger partial charge is 0.398 e. The zero-order valence-corrected chi connectivity index (χ0v) is 15.5. The van der Waals surface area contributed by atoms with Crippen LogP contribution in [0.1, 0.15) is 62.4 Å². The van der Waals surface area contributed by atoms with Crippen molar-refractivity contribution in [1.82, 2.24) is 0 Å². The van der Waals surface area contributed by atoms with Crippen molar-refractivity contribution >= 4 is 5.97 Å². The Morgan fingerprint density at radius 3 is 2.23 bits per heavy atom. The van der Waals surface area contributed by atoms with E-state index in [0.717, 1.165) is 18.4 Å². The Morgan fingerprint density at radius 2 is 1.73 bits per heavy atom. The van der Waals surface area contributed by atoms with Crippen LogP contribution in [-0.2, 0) is 10.2 Å². The molecular weight excluding hydrogens is 341 g/mol. The predicted octanol–water partition coefficient (Wildman–Crippen LogP) is 6.13. The highest BCUT2D eigenvalue weighted by atomic mass is 19.4. The van der Waals surface area contributed by atoms with Gasteiger partial charge in [-0.05, 0) is 70.2 Å².